The summed E-state index contributed by atoms with van der Waals surface area (Å²) in [6.07, 6.45) is 0. The SMILES string of the molecule is CCOc1cccc(-c2nc3nnc(Cl)c(C)c3n2-c2c(OC)cccc2OC)n1. The van der Waals surface area contributed by atoms with E-state index in [0.717, 1.165) is 5.56 Å². The van der Waals surface area contributed by atoms with Crippen molar-refractivity contribution >= 4 is 22.8 Å². The van der Waals surface area contributed by atoms with E-state index in [1.165, 1.54) is 0 Å². The number of aryl methyl sites for hydroxylation is 1. The summed E-state index contributed by atoms with van der Waals surface area (Å²) >= 11 is 6.30. The molecule has 8 nitrogen and oxygen atoms in total. The second kappa shape index (κ2) is 8.16. The first-order valence-corrected chi connectivity index (χ1v) is 9.69. The normalized spacial score (nSPS) is 11.0. The Kier molecular flexibility index (Phi) is 5.41. The number of ether oxygens (including phenoxy) is 3. The summed E-state index contributed by atoms with van der Waals surface area (Å²) < 4.78 is 18.7. The Hall–Kier alpha value is -3.39. The van der Waals surface area contributed by atoms with Crippen LogP contribution in [0.25, 0.3) is 28.4 Å². The van der Waals surface area contributed by atoms with Gasteiger partial charge in [0.2, 0.25) is 11.5 Å². The Balaban J connectivity index is 2.12. The highest BCUT2D eigenvalue weighted by Gasteiger charge is 2.24. The minimum Gasteiger partial charge on any atom is -0.494 e. The zero-order valence-electron chi connectivity index (χ0n) is 17.0. The molecule has 0 fully saturated rings. The van der Waals surface area contributed by atoms with Gasteiger partial charge in [-0.25, -0.2) is 9.97 Å². The molecule has 0 saturated carbocycles. The molecular formula is C21H20ClN5O3. The average molecular weight is 426 g/mol. The largest absolute Gasteiger partial charge is 0.494 e. The fourth-order valence-corrected chi connectivity index (χ4v) is 3.41. The van der Waals surface area contributed by atoms with Gasteiger partial charge in [-0.3, -0.25) is 4.57 Å². The van der Waals surface area contributed by atoms with Crippen LogP contribution in [-0.4, -0.2) is 45.6 Å². The standard InChI is InChI=1S/C21H20ClN5O3/c1-5-30-16-11-6-8-13(23-16)21-24-20-17(12(2)19(22)25-26-20)27(21)18-14(28-3)9-7-10-15(18)29-4/h6-11H,5H2,1-4H3. The van der Waals surface area contributed by atoms with E-state index in [4.69, 9.17) is 30.8 Å². The number of benzene rings is 1. The number of nitrogens with zero attached hydrogens (tertiary/aromatic N) is 5. The van der Waals surface area contributed by atoms with Crippen LogP contribution in [0.2, 0.25) is 5.15 Å². The van der Waals surface area contributed by atoms with Gasteiger partial charge in [-0.15, -0.1) is 10.2 Å². The molecular weight excluding hydrogens is 406 g/mol. The summed E-state index contributed by atoms with van der Waals surface area (Å²) in [6.45, 7) is 4.28. The second-order valence-corrected chi connectivity index (χ2v) is 6.72. The molecule has 0 bridgehead atoms. The lowest BCUT2D eigenvalue weighted by atomic mass is 10.2. The lowest BCUT2D eigenvalue weighted by molar-refractivity contribution is 0.327. The second-order valence-electron chi connectivity index (χ2n) is 6.36. The molecule has 3 aromatic heterocycles. The molecule has 30 heavy (non-hydrogen) atoms. The molecule has 0 radical (unpaired) electrons. The molecule has 4 rings (SSSR count). The van der Waals surface area contributed by atoms with Crippen LogP contribution < -0.4 is 14.2 Å². The number of hydrogen-bond acceptors (Lipinski definition) is 7. The zero-order valence-corrected chi connectivity index (χ0v) is 17.8. The topological polar surface area (TPSA) is 84.2 Å². The highest BCUT2D eigenvalue weighted by molar-refractivity contribution is 6.30. The molecule has 0 aliphatic rings. The van der Waals surface area contributed by atoms with Gasteiger partial charge in [0.15, 0.2) is 11.0 Å². The van der Waals surface area contributed by atoms with Gasteiger partial charge < -0.3 is 14.2 Å². The Morgan fingerprint density at radius 1 is 0.967 bits per heavy atom. The molecule has 154 valence electrons. The van der Waals surface area contributed by atoms with Gasteiger partial charge in [-0.1, -0.05) is 23.7 Å². The van der Waals surface area contributed by atoms with E-state index in [1.54, 1.807) is 20.3 Å². The molecule has 0 unspecified atom stereocenters. The van der Waals surface area contributed by atoms with Crippen LogP contribution in [0.3, 0.4) is 0 Å². The van der Waals surface area contributed by atoms with E-state index in [-0.39, 0.29) is 0 Å². The molecule has 1 aromatic carbocycles. The van der Waals surface area contributed by atoms with Gasteiger partial charge >= 0.3 is 0 Å². The number of para-hydroxylation sites is 1. The first-order chi connectivity index (χ1) is 14.6. The fourth-order valence-electron chi connectivity index (χ4n) is 3.29. The van der Waals surface area contributed by atoms with E-state index in [0.29, 0.717) is 57.5 Å². The van der Waals surface area contributed by atoms with Gasteiger partial charge in [0.25, 0.3) is 0 Å². The molecule has 9 heteroatoms. The number of fused-ring (bicyclic) bond motifs is 1. The van der Waals surface area contributed by atoms with Crippen molar-refractivity contribution < 1.29 is 14.2 Å². The van der Waals surface area contributed by atoms with Crippen molar-refractivity contribution in [1.82, 2.24) is 24.7 Å². The van der Waals surface area contributed by atoms with Crippen molar-refractivity contribution in [2.24, 2.45) is 0 Å². The molecule has 0 aliphatic carbocycles. The molecule has 0 aliphatic heterocycles. The van der Waals surface area contributed by atoms with Crippen LogP contribution in [0.5, 0.6) is 17.4 Å². The summed E-state index contributed by atoms with van der Waals surface area (Å²) in [5, 5.41) is 8.49. The first kappa shape index (κ1) is 19.9. The molecule has 0 saturated heterocycles. The van der Waals surface area contributed by atoms with E-state index < -0.39 is 0 Å². The minimum atomic E-state index is 0.292. The van der Waals surface area contributed by atoms with Gasteiger partial charge in [-0.05, 0) is 32.0 Å². The maximum absolute atomic E-state index is 6.30. The highest BCUT2D eigenvalue weighted by atomic mass is 35.5. The monoisotopic (exact) mass is 425 g/mol. The van der Waals surface area contributed by atoms with Crippen molar-refractivity contribution in [2.45, 2.75) is 13.8 Å². The highest BCUT2D eigenvalue weighted by Crippen LogP contribution is 2.39. The zero-order chi connectivity index (χ0) is 21.3. The smallest absolute Gasteiger partial charge is 0.213 e. The molecule has 0 atom stereocenters. The van der Waals surface area contributed by atoms with Gasteiger partial charge in [0.1, 0.15) is 28.4 Å². The van der Waals surface area contributed by atoms with Crippen LogP contribution >= 0.6 is 11.6 Å². The van der Waals surface area contributed by atoms with Crippen LogP contribution in [0.15, 0.2) is 36.4 Å². The number of aromatic nitrogens is 5. The third kappa shape index (κ3) is 3.29. The van der Waals surface area contributed by atoms with Gasteiger partial charge in [-0.2, -0.15) is 0 Å². The summed E-state index contributed by atoms with van der Waals surface area (Å²) in [5.74, 6) is 2.24. The summed E-state index contributed by atoms with van der Waals surface area (Å²) in [5.41, 5.74) is 3.12. The van der Waals surface area contributed by atoms with Gasteiger partial charge in [0.05, 0.1) is 20.8 Å². The third-order valence-corrected chi connectivity index (χ3v) is 4.99. The molecule has 0 spiro atoms. The number of rotatable bonds is 6. The Labute approximate surface area is 178 Å². The van der Waals surface area contributed by atoms with Crippen molar-refractivity contribution in [3.05, 3.63) is 47.1 Å². The van der Waals surface area contributed by atoms with Crippen molar-refractivity contribution in [1.29, 1.82) is 0 Å². The number of hydrogen-bond donors (Lipinski definition) is 0. The summed E-state index contributed by atoms with van der Waals surface area (Å²) in [7, 11) is 3.20. The molecule has 0 N–H and O–H groups in total. The number of pyridine rings is 1. The number of imidazole rings is 1. The van der Waals surface area contributed by atoms with E-state index in [1.807, 2.05) is 48.7 Å². The van der Waals surface area contributed by atoms with E-state index in [2.05, 4.69) is 15.2 Å². The predicted molar refractivity (Wildman–Crippen MR) is 114 cm³/mol. The quantitative estimate of drug-likeness (QED) is 0.456. The Morgan fingerprint density at radius 3 is 2.33 bits per heavy atom. The molecule has 0 amide bonds. The van der Waals surface area contributed by atoms with E-state index in [9.17, 15) is 0 Å². The summed E-state index contributed by atoms with van der Waals surface area (Å²) in [6, 6.07) is 11.1. The maximum Gasteiger partial charge on any atom is 0.213 e. The number of halogens is 1. The number of methoxy groups -OCH3 is 2. The maximum atomic E-state index is 6.30. The molecule has 3 heterocycles. The predicted octanol–water partition coefficient (Wildman–Crippen LogP) is 4.26. The van der Waals surface area contributed by atoms with Crippen molar-refractivity contribution in [3.63, 3.8) is 0 Å². The average Bonchev–Trinajstić information content (AvgIpc) is 3.16. The van der Waals surface area contributed by atoms with Gasteiger partial charge in [0, 0.05) is 11.6 Å². The first-order valence-electron chi connectivity index (χ1n) is 9.31. The fraction of sp³-hybridized carbons (Fsp3) is 0.238. The van der Waals surface area contributed by atoms with Crippen molar-refractivity contribution in [2.75, 3.05) is 20.8 Å². The van der Waals surface area contributed by atoms with E-state index >= 15 is 0 Å². The molecule has 4 aromatic rings. The third-order valence-electron chi connectivity index (χ3n) is 4.63. The summed E-state index contributed by atoms with van der Waals surface area (Å²) in [4.78, 5) is 9.32. The Bertz CT molecular complexity index is 1200. The van der Waals surface area contributed by atoms with Crippen LogP contribution in [0.4, 0.5) is 0 Å². The lowest BCUT2D eigenvalue weighted by Crippen LogP contribution is -2.05. The van der Waals surface area contributed by atoms with Crippen LogP contribution in [0, 0.1) is 6.92 Å². The Morgan fingerprint density at radius 2 is 1.67 bits per heavy atom. The van der Waals surface area contributed by atoms with Crippen LogP contribution in [-0.2, 0) is 0 Å². The van der Waals surface area contributed by atoms with Crippen molar-refractivity contribution in [3.8, 4) is 34.6 Å². The van der Waals surface area contributed by atoms with Crippen LogP contribution in [0.1, 0.15) is 12.5 Å². The lowest BCUT2D eigenvalue weighted by Gasteiger charge is -2.17. The minimum absolute atomic E-state index is 0.292.